The smallest absolute Gasteiger partial charge is 0.850 e. The Balaban J connectivity index is -0.00000000970. The fourth-order valence-electron chi connectivity index (χ4n) is 0. The summed E-state index contributed by atoms with van der Waals surface area (Å²) >= 11 is 14.6. The standard InChI is InChI=1S/3H3N.2H3O2PS2.3Zn/c;;;2*1-3(2,4)5;;;/h3*1H3;2*(H3,1,2,4,5);;;/q;;;;;3*+2/p-6. The SMILES string of the molecule is N.N.N.[O-]P([O-])(=S)[S-].[O-]P([O-])(=S)[S-].[Zn+2].[Zn+2].[Zn+2]. The molecule has 0 aromatic carbocycles. The van der Waals surface area contributed by atoms with E-state index in [9.17, 15) is 19.6 Å². The molecule has 9 N–H and O–H groups in total. The molecule has 0 radical (unpaired) electrons. The third kappa shape index (κ3) is 376. The minimum atomic E-state index is -3.72. The van der Waals surface area contributed by atoms with Crippen LogP contribution in [-0.4, -0.2) is 0 Å². The third-order valence-corrected chi connectivity index (χ3v) is 0. The van der Waals surface area contributed by atoms with Crippen LogP contribution in [0.2, 0.25) is 0 Å². The van der Waals surface area contributed by atoms with E-state index in [0.29, 0.717) is 0 Å². The number of rotatable bonds is 0. The van der Waals surface area contributed by atoms with Crippen molar-refractivity contribution in [3.05, 3.63) is 0 Å². The molecule has 0 fully saturated rings. The molecule has 0 bridgehead atoms. The van der Waals surface area contributed by atoms with Gasteiger partial charge in [-0.1, -0.05) is 0 Å². The van der Waals surface area contributed by atoms with Crippen molar-refractivity contribution < 1.29 is 78.0 Å². The van der Waals surface area contributed by atoms with Crippen molar-refractivity contribution >= 4 is 59.5 Å². The van der Waals surface area contributed by atoms with Crippen molar-refractivity contribution in [2.45, 2.75) is 0 Å². The molecule has 0 aromatic heterocycles. The quantitative estimate of drug-likeness (QED) is 0.179. The van der Waals surface area contributed by atoms with Crippen molar-refractivity contribution in [1.82, 2.24) is 18.5 Å². The van der Waals surface area contributed by atoms with Gasteiger partial charge in [-0.05, 0) is 0 Å². The molecule has 0 aliphatic heterocycles. The average molecular weight is 501 g/mol. The van der Waals surface area contributed by atoms with Gasteiger partial charge >= 0.3 is 58.4 Å². The Kier molecular flexibility index (Phi) is 74.5. The van der Waals surface area contributed by atoms with Crippen molar-refractivity contribution in [2.75, 3.05) is 0 Å². The topological polar surface area (TPSA) is 197 Å². The molecule has 0 heterocycles. The molecule has 0 rings (SSSR count). The first-order chi connectivity index (χ1) is 4.00. The summed E-state index contributed by atoms with van der Waals surface area (Å²) in [6.07, 6.45) is 0. The van der Waals surface area contributed by atoms with Gasteiger partial charge in [-0.2, -0.15) is 23.6 Å². The zero-order chi connectivity index (χ0) is 9.00. The van der Waals surface area contributed by atoms with Gasteiger partial charge in [-0.25, -0.2) is 0 Å². The van der Waals surface area contributed by atoms with Crippen LogP contribution in [0.4, 0.5) is 0 Å². The first-order valence-corrected chi connectivity index (χ1v) is 8.76. The van der Waals surface area contributed by atoms with Crippen LogP contribution in [0, 0.1) is 0 Å². The summed E-state index contributed by atoms with van der Waals surface area (Å²) in [4.78, 5) is 37.2. The first-order valence-electron chi connectivity index (χ1n) is 1.46. The van der Waals surface area contributed by atoms with Gasteiger partial charge in [0.2, 0.25) is 0 Å². The van der Waals surface area contributed by atoms with Gasteiger partial charge in [0.15, 0.2) is 0 Å². The van der Waals surface area contributed by atoms with Gasteiger partial charge in [0.1, 0.15) is 0 Å². The van der Waals surface area contributed by atoms with E-state index in [1.807, 2.05) is 0 Å². The summed E-state index contributed by atoms with van der Waals surface area (Å²) in [5, 5.41) is 0. The summed E-state index contributed by atoms with van der Waals surface area (Å²) in [6.45, 7) is 0. The molecule has 0 amide bonds. The van der Waals surface area contributed by atoms with Crippen molar-refractivity contribution in [2.24, 2.45) is 0 Å². The van der Waals surface area contributed by atoms with Crippen molar-refractivity contribution in [3.8, 4) is 0 Å². The summed E-state index contributed by atoms with van der Waals surface area (Å²) in [7, 11) is 0. The Morgan fingerprint density at radius 2 is 0.625 bits per heavy atom. The second kappa shape index (κ2) is 23.7. The Morgan fingerprint density at radius 3 is 0.625 bits per heavy atom. The molecule has 0 aliphatic rings. The van der Waals surface area contributed by atoms with Gasteiger partial charge in [-0.3, -0.25) is 0 Å². The van der Waals surface area contributed by atoms with Gasteiger partial charge in [0.05, 0.1) is 0 Å². The van der Waals surface area contributed by atoms with E-state index in [1.54, 1.807) is 0 Å². The van der Waals surface area contributed by atoms with Gasteiger partial charge in [-0.15, -0.1) is 0 Å². The largest absolute Gasteiger partial charge is 2.00 e. The molecule has 0 aliphatic carbocycles. The number of hydrogen-bond acceptors (Lipinski definition) is 11. The maximum atomic E-state index is 9.29. The fraction of sp³-hybridized carbons (Fsp3) is 0. The normalized spacial score (nSPS) is 7.38. The van der Waals surface area contributed by atoms with Crippen LogP contribution in [0.15, 0.2) is 0 Å². The fourth-order valence-corrected chi connectivity index (χ4v) is 0. The zero-order valence-corrected chi connectivity index (χ0v) is 22.4. The summed E-state index contributed by atoms with van der Waals surface area (Å²) < 4.78 is 0. The molecular weight excluding hydrogens is 492 g/mol. The van der Waals surface area contributed by atoms with Gasteiger partial charge in [0.25, 0.3) is 0 Å². The van der Waals surface area contributed by atoms with E-state index in [-0.39, 0.29) is 76.9 Å². The van der Waals surface area contributed by atoms with E-state index < -0.39 is 11.4 Å². The second-order valence-electron chi connectivity index (χ2n) is 0.894. The van der Waals surface area contributed by atoms with Gasteiger partial charge < -0.3 is 73.9 Å². The maximum Gasteiger partial charge on any atom is 2.00 e. The van der Waals surface area contributed by atoms with Crippen LogP contribution in [0.25, 0.3) is 0 Å². The molecule has 0 aromatic rings. The Labute approximate surface area is 154 Å². The van der Waals surface area contributed by atoms with E-state index in [4.69, 9.17) is 0 Å². The number of hydrogen-bond donors (Lipinski definition) is 3. The monoisotopic (exact) mass is 497 g/mol. The second-order valence-corrected chi connectivity index (χ2v) is 9.84. The van der Waals surface area contributed by atoms with E-state index >= 15 is 0 Å². The van der Waals surface area contributed by atoms with E-state index in [0.717, 1.165) is 0 Å². The zero-order valence-electron chi connectivity index (χ0n) is 8.40. The molecular formula is H9N3O4P2S4Zn3. The van der Waals surface area contributed by atoms with Crippen LogP contribution >= 0.6 is 11.4 Å². The van der Waals surface area contributed by atoms with Crippen LogP contribution in [-0.2, 0) is 107 Å². The summed E-state index contributed by atoms with van der Waals surface area (Å²) in [6, 6.07) is 0. The van der Waals surface area contributed by atoms with Crippen LogP contribution in [0.5, 0.6) is 0 Å². The molecule has 0 saturated carbocycles. The Bertz CT molecular complexity index is 149. The molecule has 0 atom stereocenters. The van der Waals surface area contributed by atoms with Crippen molar-refractivity contribution in [3.63, 3.8) is 0 Å². The first kappa shape index (κ1) is 50.4. The molecule has 16 heavy (non-hydrogen) atoms. The Morgan fingerprint density at radius 1 is 0.625 bits per heavy atom. The predicted octanol–water partition coefficient (Wildman–Crippen LogP) is -2.56. The maximum absolute atomic E-state index is 9.29. The Hall–Kier alpha value is 3.59. The third-order valence-electron chi connectivity index (χ3n) is 0. The molecule has 7 nitrogen and oxygen atoms in total. The van der Waals surface area contributed by atoms with E-state index in [2.05, 4.69) is 48.1 Å². The molecule has 0 saturated heterocycles. The molecule has 88 valence electrons. The molecule has 0 spiro atoms. The molecule has 0 unspecified atom stereocenters. The van der Waals surface area contributed by atoms with Crippen LogP contribution in [0.3, 0.4) is 0 Å². The summed E-state index contributed by atoms with van der Waals surface area (Å²) in [5.74, 6) is 0. The van der Waals surface area contributed by atoms with Crippen LogP contribution in [0.1, 0.15) is 0 Å². The minimum Gasteiger partial charge on any atom is -0.850 e. The van der Waals surface area contributed by atoms with Gasteiger partial charge in [0, 0.05) is 0 Å². The predicted molar refractivity (Wildman–Crippen MR) is 58.4 cm³/mol. The van der Waals surface area contributed by atoms with Crippen molar-refractivity contribution in [1.29, 1.82) is 0 Å². The summed E-state index contributed by atoms with van der Waals surface area (Å²) in [5.41, 5.74) is -7.44. The molecule has 16 heteroatoms. The minimum absolute atomic E-state index is 0. The van der Waals surface area contributed by atoms with E-state index in [1.165, 1.54) is 0 Å². The van der Waals surface area contributed by atoms with Crippen LogP contribution < -0.4 is 38.0 Å². The average Bonchev–Trinajstić information content (AvgIpc) is 1.12.